The zero-order valence-electron chi connectivity index (χ0n) is 7.07. The fourth-order valence-corrected chi connectivity index (χ4v) is 0.959. The number of ether oxygens (including phenoxy) is 1. The molecule has 0 radical (unpaired) electrons. The quantitative estimate of drug-likeness (QED) is 0.645. The van der Waals surface area contributed by atoms with E-state index in [1.54, 1.807) is 0 Å². The minimum absolute atomic E-state index is 0.319. The molecule has 0 bridgehead atoms. The summed E-state index contributed by atoms with van der Waals surface area (Å²) in [6, 6.07) is 0. The number of aryl methyl sites for hydroxylation is 1. The summed E-state index contributed by atoms with van der Waals surface area (Å²) < 4.78 is 6.04. The van der Waals surface area contributed by atoms with Crippen molar-refractivity contribution in [1.82, 2.24) is 9.78 Å². The number of nitrogen functional groups attached to an aromatic ring is 1. The Labute approximate surface area is 70.1 Å². The number of nitrogens with two attached hydrogens (primary N) is 1. The SMILES string of the molecule is CCn1ncc(N)c1C(=O)OC. The van der Waals surface area contributed by atoms with E-state index in [0.29, 0.717) is 17.9 Å². The lowest BCUT2D eigenvalue weighted by molar-refractivity contribution is 0.0588. The largest absolute Gasteiger partial charge is 0.464 e. The van der Waals surface area contributed by atoms with E-state index in [-0.39, 0.29) is 0 Å². The predicted octanol–water partition coefficient (Wildman–Crippen LogP) is 0.272. The number of nitrogens with zero attached hydrogens (tertiary/aromatic N) is 2. The molecule has 0 amide bonds. The van der Waals surface area contributed by atoms with Gasteiger partial charge in [-0.3, -0.25) is 4.68 Å². The summed E-state index contributed by atoms with van der Waals surface area (Å²) in [4.78, 5) is 11.1. The first-order valence-electron chi connectivity index (χ1n) is 3.60. The lowest BCUT2D eigenvalue weighted by atomic mass is 10.4. The maximum atomic E-state index is 11.1. The van der Waals surface area contributed by atoms with Crippen molar-refractivity contribution in [3.05, 3.63) is 11.9 Å². The van der Waals surface area contributed by atoms with Crippen molar-refractivity contribution in [2.75, 3.05) is 12.8 Å². The second-order valence-electron chi connectivity index (χ2n) is 2.26. The highest BCUT2D eigenvalue weighted by atomic mass is 16.5. The number of aromatic nitrogens is 2. The first-order chi connectivity index (χ1) is 5.70. The van der Waals surface area contributed by atoms with E-state index in [4.69, 9.17) is 5.73 Å². The molecule has 0 aliphatic rings. The molecule has 66 valence electrons. The van der Waals surface area contributed by atoms with Crippen molar-refractivity contribution in [3.8, 4) is 0 Å². The molecule has 0 spiro atoms. The van der Waals surface area contributed by atoms with Crippen LogP contribution < -0.4 is 5.73 Å². The van der Waals surface area contributed by atoms with Crippen LogP contribution in [0.2, 0.25) is 0 Å². The zero-order valence-corrected chi connectivity index (χ0v) is 7.07. The molecule has 0 aromatic carbocycles. The first-order valence-corrected chi connectivity index (χ1v) is 3.60. The smallest absolute Gasteiger partial charge is 0.358 e. The molecule has 1 rings (SSSR count). The second kappa shape index (κ2) is 3.25. The van der Waals surface area contributed by atoms with Crippen LogP contribution in [0.4, 0.5) is 5.69 Å². The van der Waals surface area contributed by atoms with Gasteiger partial charge >= 0.3 is 5.97 Å². The number of hydrogen-bond acceptors (Lipinski definition) is 4. The van der Waals surface area contributed by atoms with Gasteiger partial charge in [0.15, 0.2) is 5.69 Å². The fraction of sp³-hybridized carbons (Fsp3) is 0.429. The summed E-state index contributed by atoms with van der Waals surface area (Å²) in [5.74, 6) is -0.452. The van der Waals surface area contributed by atoms with Gasteiger partial charge in [-0.1, -0.05) is 0 Å². The van der Waals surface area contributed by atoms with E-state index in [0.717, 1.165) is 0 Å². The molecule has 5 heteroatoms. The Morgan fingerprint density at radius 3 is 3.00 bits per heavy atom. The standard InChI is InChI=1S/C7H11N3O2/c1-3-10-6(7(11)12-2)5(8)4-9-10/h4H,3,8H2,1-2H3. The lowest BCUT2D eigenvalue weighted by Crippen LogP contribution is -2.12. The van der Waals surface area contributed by atoms with E-state index in [1.807, 2.05) is 6.92 Å². The first kappa shape index (κ1) is 8.58. The minimum Gasteiger partial charge on any atom is -0.464 e. The van der Waals surface area contributed by atoms with Gasteiger partial charge in [-0.05, 0) is 6.92 Å². The van der Waals surface area contributed by atoms with Crippen LogP contribution in [0.5, 0.6) is 0 Å². The van der Waals surface area contributed by atoms with Gasteiger partial charge in [0, 0.05) is 6.54 Å². The number of methoxy groups -OCH3 is 1. The molecule has 2 N–H and O–H groups in total. The normalized spacial score (nSPS) is 9.83. The topological polar surface area (TPSA) is 70.1 Å². The van der Waals surface area contributed by atoms with Crippen LogP contribution in [0.3, 0.4) is 0 Å². The Kier molecular flexibility index (Phi) is 2.32. The van der Waals surface area contributed by atoms with Crippen LogP contribution in [-0.2, 0) is 11.3 Å². The zero-order chi connectivity index (χ0) is 9.14. The molecule has 0 unspecified atom stereocenters. The van der Waals surface area contributed by atoms with Crippen LogP contribution in [-0.4, -0.2) is 22.9 Å². The molecular weight excluding hydrogens is 158 g/mol. The molecular formula is C7H11N3O2. The second-order valence-corrected chi connectivity index (χ2v) is 2.26. The molecule has 1 aromatic rings. The Balaban J connectivity index is 3.10. The number of carbonyl (C=O) groups excluding carboxylic acids is 1. The monoisotopic (exact) mass is 169 g/mol. The van der Waals surface area contributed by atoms with Gasteiger partial charge < -0.3 is 10.5 Å². The van der Waals surface area contributed by atoms with Gasteiger partial charge in [0.25, 0.3) is 0 Å². The van der Waals surface area contributed by atoms with Crippen molar-refractivity contribution in [1.29, 1.82) is 0 Å². The average Bonchev–Trinajstić information content (AvgIpc) is 2.45. The summed E-state index contributed by atoms with van der Waals surface area (Å²) in [5, 5.41) is 3.89. The number of esters is 1. The molecule has 1 heterocycles. The van der Waals surface area contributed by atoms with E-state index >= 15 is 0 Å². The summed E-state index contributed by atoms with van der Waals surface area (Å²) >= 11 is 0. The molecule has 12 heavy (non-hydrogen) atoms. The number of anilines is 1. The Morgan fingerprint density at radius 1 is 1.83 bits per heavy atom. The third-order valence-corrected chi connectivity index (χ3v) is 1.55. The maximum absolute atomic E-state index is 11.1. The van der Waals surface area contributed by atoms with Crippen LogP contribution in [0.1, 0.15) is 17.4 Å². The van der Waals surface area contributed by atoms with Gasteiger partial charge in [-0.2, -0.15) is 5.10 Å². The molecule has 0 fully saturated rings. The average molecular weight is 169 g/mol. The molecule has 0 atom stereocenters. The van der Waals surface area contributed by atoms with Crippen molar-refractivity contribution in [3.63, 3.8) is 0 Å². The van der Waals surface area contributed by atoms with Gasteiger partial charge in [0.1, 0.15) is 0 Å². The predicted molar refractivity (Wildman–Crippen MR) is 43.7 cm³/mol. The summed E-state index contributed by atoms with van der Waals surface area (Å²) in [5.41, 5.74) is 6.18. The minimum atomic E-state index is -0.452. The highest BCUT2D eigenvalue weighted by molar-refractivity contribution is 5.92. The van der Waals surface area contributed by atoms with Gasteiger partial charge in [-0.15, -0.1) is 0 Å². The Morgan fingerprint density at radius 2 is 2.50 bits per heavy atom. The Hall–Kier alpha value is -1.52. The highest BCUT2D eigenvalue weighted by Gasteiger charge is 2.15. The molecule has 0 saturated carbocycles. The van der Waals surface area contributed by atoms with Crippen LogP contribution in [0.15, 0.2) is 6.20 Å². The molecule has 0 saturated heterocycles. The number of hydrogen-bond donors (Lipinski definition) is 1. The van der Waals surface area contributed by atoms with Crippen LogP contribution in [0.25, 0.3) is 0 Å². The van der Waals surface area contributed by atoms with Crippen molar-refractivity contribution in [2.24, 2.45) is 0 Å². The summed E-state index contributed by atoms with van der Waals surface area (Å²) in [7, 11) is 1.31. The van der Waals surface area contributed by atoms with Crippen LogP contribution >= 0.6 is 0 Å². The molecule has 0 aliphatic heterocycles. The third kappa shape index (κ3) is 1.25. The molecule has 5 nitrogen and oxygen atoms in total. The van der Waals surface area contributed by atoms with E-state index in [2.05, 4.69) is 9.84 Å². The summed E-state index contributed by atoms with van der Waals surface area (Å²) in [6.07, 6.45) is 1.44. The number of carbonyl (C=O) groups is 1. The maximum Gasteiger partial charge on any atom is 0.358 e. The van der Waals surface area contributed by atoms with Gasteiger partial charge in [-0.25, -0.2) is 4.79 Å². The third-order valence-electron chi connectivity index (χ3n) is 1.55. The molecule has 0 aliphatic carbocycles. The van der Waals surface area contributed by atoms with E-state index in [9.17, 15) is 4.79 Å². The lowest BCUT2D eigenvalue weighted by Gasteiger charge is -2.02. The van der Waals surface area contributed by atoms with Crippen LogP contribution in [0, 0.1) is 0 Å². The van der Waals surface area contributed by atoms with Crippen molar-refractivity contribution in [2.45, 2.75) is 13.5 Å². The van der Waals surface area contributed by atoms with Crippen molar-refractivity contribution >= 4 is 11.7 Å². The van der Waals surface area contributed by atoms with E-state index in [1.165, 1.54) is 18.0 Å². The van der Waals surface area contributed by atoms with E-state index < -0.39 is 5.97 Å². The van der Waals surface area contributed by atoms with Gasteiger partial charge in [0.05, 0.1) is 19.0 Å². The number of rotatable bonds is 2. The Bertz CT molecular complexity index is 293. The van der Waals surface area contributed by atoms with Gasteiger partial charge in [0.2, 0.25) is 0 Å². The summed E-state index contributed by atoms with van der Waals surface area (Å²) in [6.45, 7) is 2.47. The highest BCUT2D eigenvalue weighted by Crippen LogP contribution is 2.11. The fourth-order valence-electron chi connectivity index (χ4n) is 0.959. The molecule has 1 aromatic heterocycles. The van der Waals surface area contributed by atoms with Crippen molar-refractivity contribution < 1.29 is 9.53 Å².